The Hall–Kier alpha value is -3.36. The van der Waals surface area contributed by atoms with E-state index in [1.165, 1.54) is 12.1 Å². The number of nitrogens with one attached hydrogen (secondary N) is 1. The Balaban J connectivity index is 1.48. The summed E-state index contributed by atoms with van der Waals surface area (Å²) in [7, 11) is 2.09. The summed E-state index contributed by atoms with van der Waals surface area (Å²) < 4.78 is 5.59. The second-order valence-electron chi connectivity index (χ2n) is 7.35. The van der Waals surface area contributed by atoms with Crippen LogP contribution in [0.5, 0.6) is 0 Å². The third-order valence-electron chi connectivity index (χ3n) is 5.25. The number of nitrogens with zero attached hydrogens (tertiary/aromatic N) is 3. The van der Waals surface area contributed by atoms with Crippen LogP contribution in [0.1, 0.15) is 10.6 Å². The number of carbonyl (C=O) groups is 1. The molecule has 1 N–H and O–H groups in total. The minimum absolute atomic E-state index is 0.0485. The molecule has 1 aromatic heterocycles. The maximum absolute atomic E-state index is 12.6. The number of hydrogen-bond acceptors (Lipinski definition) is 6. The molecule has 9 heteroatoms. The third kappa shape index (κ3) is 4.55. The molecule has 4 rings (SSSR count). The molecule has 2 aromatic carbocycles. The van der Waals surface area contributed by atoms with Crippen LogP contribution in [0.15, 0.2) is 59.0 Å². The van der Waals surface area contributed by atoms with Crippen molar-refractivity contribution in [1.82, 2.24) is 4.90 Å². The summed E-state index contributed by atoms with van der Waals surface area (Å²) in [6.45, 7) is 3.72. The number of piperazine rings is 1. The number of rotatable bonds is 5. The van der Waals surface area contributed by atoms with Crippen LogP contribution in [0.3, 0.4) is 0 Å². The number of nitro groups is 1. The Labute approximate surface area is 184 Å². The van der Waals surface area contributed by atoms with Gasteiger partial charge in [0.05, 0.1) is 21.2 Å². The number of furan rings is 1. The highest BCUT2D eigenvalue weighted by Gasteiger charge is 2.20. The second kappa shape index (κ2) is 8.79. The SMILES string of the molecule is CN1CCN(c2ccc(NC(=O)c3ccc(-c4ccccc4[N+](=O)[O-])o3)cc2Cl)CC1. The highest BCUT2D eigenvalue weighted by molar-refractivity contribution is 6.33. The fraction of sp³-hybridized carbons (Fsp3) is 0.227. The lowest BCUT2D eigenvalue weighted by atomic mass is 10.1. The number of amides is 1. The van der Waals surface area contributed by atoms with E-state index in [4.69, 9.17) is 16.0 Å². The fourth-order valence-corrected chi connectivity index (χ4v) is 3.83. The first-order valence-electron chi connectivity index (χ1n) is 9.80. The summed E-state index contributed by atoms with van der Waals surface area (Å²) in [5.41, 5.74) is 1.70. The van der Waals surface area contributed by atoms with Crippen molar-refractivity contribution in [2.24, 2.45) is 0 Å². The molecular weight excluding hydrogens is 420 g/mol. The van der Waals surface area contributed by atoms with Gasteiger partial charge in [-0.2, -0.15) is 0 Å². The molecule has 1 aliphatic rings. The number of halogens is 1. The number of anilines is 2. The molecule has 0 saturated carbocycles. The number of carbonyl (C=O) groups excluding carboxylic acids is 1. The Morgan fingerprint density at radius 1 is 1.10 bits per heavy atom. The number of benzene rings is 2. The molecule has 1 fully saturated rings. The van der Waals surface area contributed by atoms with E-state index in [-0.39, 0.29) is 17.2 Å². The first-order chi connectivity index (χ1) is 14.9. The summed E-state index contributed by atoms with van der Waals surface area (Å²) in [6.07, 6.45) is 0. The fourth-order valence-electron chi connectivity index (χ4n) is 3.53. The van der Waals surface area contributed by atoms with Crippen molar-refractivity contribution in [3.05, 3.63) is 75.5 Å². The molecule has 0 unspecified atom stereocenters. The van der Waals surface area contributed by atoms with Gasteiger partial charge in [0.15, 0.2) is 5.76 Å². The Bertz CT molecular complexity index is 1120. The van der Waals surface area contributed by atoms with Gasteiger partial charge in [0.1, 0.15) is 5.76 Å². The normalized spacial score (nSPS) is 14.5. The van der Waals surface area contributed by atoms with E-state index in [1.54, 1.807) is 36.4 Å². The molecule has 1 aliphatic heterocycles. The Morgan fingerprint density at radius 3 is 2.55 bits per heavy atom. The zero-order chi connectivity index (χ0) is 22.0. The summed E-state index contributed by atoms with van der Waals surface area (Å²) >= 11 is 6.47. The molecule has 31 heavy (non-hydrogen) atoms. The smallest absolute Gasteiger partial charge is 0.291 e. The Morgan fingerprint density at radius 2 is 1.84 bits per heavy atom. The Kier molecular flexibility index (Phi) is 5.92. The van der Waals surface area contributed by atoms with Crippen LogP contribution in [-0.2, 0) is 0 Å². The molecular formula is C22H21ClN4O4. The van der Waals surface area contributed by atoms with Gasteiger partial charge in [-0.05, 0) is 43.4 Å². The second-order valence-corrected chi connectivity index (χ2v) is 7.76. The lowest BCUT2D eigenvalue weighted by Gasteiger charge is -2.34. The van der Waals surface area contributed by atoms with Gasteiger partial charge in [-0.25, -0.2) is 0 Å². The standard InChI is InChI=1S/C22H21ClN4O4/c1-25-10-12-26(13-11-25)19-7-6-15(14-17(19)23)24-22(28)21-9-8-20(31-21)16-4-2-3-5-18(16)27(29)30/h2-9,14H,10-13H2,1H3,(H,24,28). The molecule has 0 bridgehead atoms. The van der Waals surface area contributed by atoms with E-state index in [0.717, 1.165) is 31.9 Å². The maximum atomic E-state index is 12.6. The monoisotopic (exact) mass is 440 g/mol. The van der Waals surface area contributed by atoms with Crippen molar-refractivity contribution >= 4 is 34.6 Å². The topological polar surface area (TPSA) is 91.9 Å². The van der Waals surface area contributed by atoms with Crippen molar-refractivity contribution in [2.75, 3.05) is 43.4 Å². The van der Waals surface area contributed by atoms with Crippen LogP contribution in [0, 0.1) is 10.1 Å². The number of likely N-dealkylation sites (N-methyl/N-ethyl adjacent to an activating group) is 1. The highest BCUT2D eigenvalue weighted by atomic mass is 35.5. The minimum Gasteiger partial charge on any atom is -0.451 e. The van der Waals surface area contributed by atoms with Crippen LogP contribution >= 0.6 is 11.6 Å². The number of hydrogen-bond donors (Lipinski definition) is 1. The third-order valence-corrected chi connectivity index (χ3v) is 5.55. The van der Waals surface area contributed by atoms with E-state index < -0.39 is 10.8 Å². The molecule has 0 aliphatic carbocycles. The number of para-hydroxylation sites is 1. The largest absolute Gasteiger partial charge is 0.451 e. The van der Waals surface area contributed by atoms with Crippen LogP contribution in [0.4, 0.5) is 17.1 Å². The van der Waals surface area contributed by atoms with Gasteiger partial charge in [-0.3, -0.25) is 14.9 Å². The van der Waals surface area contributed by atoms with Crippen molar-refractivity contribution in [3.8, 4) is 11.3 Å². The van der Waals surface area contributed by atoms with Crippen LogP contribution < -0.4 is 10.2 Å². The van der Waals surface area contributed by atoms with Crippen molar-refractivity contribution in [2.45, 2.75) is 0 Å². The zero-order valence-electron chi connectivity index (χ0n) is 16.9. The van der Waals surface area contributed by atoms with Gasteiger partial charge < -0.3 is 19.5 Å². The minimum atomic E-state index is -0.485. The first-order valence-corrected chi connectivity index (χ1v) is 10.2. The van der Waals surface area contributed by atoms with Gasteiger partial charge in [-0.1, -0.05) is 23.7 Å². The van der Waals surface area contributed by atoms with Crippen molar-refractivity contribution in [1.29, 1.82) is 0 Å². The van der Waals surface area contributed by atoms with Crippen molar-refractivity contribution < 1.29 is 14.1 Å². The average molecular weight is 441 g/mol. The van der Waals surface area contributed by atoms with Gasteiger partial charge in [-0.15, -0.1) is 0 Å². The van der Waals surface area contributed by atoms with Crippen LogP contribution in [0.25, 0.3) is 11.3 Å². The first kappa shape index (κ1) is 20.9. The zero-order valence-corrected chi connectivity index (χ0v) is 17.6. The van der Waals surface area contributed by atoms with E-state index in [1.807, 2.05) is 6.07 Å². The molecule has 3 aromatic rings. The lowest BCUT2D eigenvalue weighted by molar-refractivity contribution is -0.384. The van der Waals surface area contributed by atoms with Gasteiger partial charge in [0.25, 0.3) is 11.6 Å². The molecule has 0 spiro atoms. The molecule has 0 atom stereocenters. The average Bonchev–Trinajstić information content (AvgIpc) is 3.25. The van der Waals surface area contributed by atoms with E-state index in [2.05, 4.69) is 22.2 Å². The van der Waals surface area contributed by atoms with Crippen molar-refractivity contribution in [3.63, 3.8) is 0 Å². The number of nitro benzene ring substituents is 1. The summed E-state index contributed by atoms with van der Waals surface area (Å²) in [5, 5.41) is 14.6. The van der Waals surface area contributed by atoms with Crippen LogP contribution in [0.2, 0.25) is 5.02 Å². The summed E-state index contributed by atoms with van der Waals surface area (Å²) in [5.74, 6) is -0.165. The molecule has 0 radical (unpaired) electrons. The predicted molar refractivity (Wildman–Crippen MR) is 120 cm³/mol. The van der Waals surface area contributed by atoms with E-state index in [0.29, 0.717) is 16.3 Å². The maximum Gasteiger partial charge on any atom is 0.291 e. The molecule has 160 valence electrons. The van der Waals surface area contributed by atoms with E-state index >= 15 is 0 Å². The predicted octanol–water partition coefficient (Wildman–Crippen LogP) is 4.51. The van der Waals surface area contributed by atoms with Gasteiger partial charge in [0, 0.05) is 37.9 Å². The molecule has 1 saturated heterocycles. The molecule has 2 heterocycles. The van der Waals surface area contributed by atoms with E-state index in [9.17, 15) is 14.9 Å². The lowest BCUT2D eigenvalue weighted by Crippen LogP contribution is -2.44. The highest BCUT2D eigenvalue weighted by Crippen LogP contribution is 2.32. The van der Waals surface area contributed by atoms with Gasteiger partial charge in [0.2, 0.25) is 0 Å². The molecule has 1 amide bonds. The summed E-state index contributed by atoms with van der Waals surface area (Å²) in [6, 6.07) is 14.6. The van der Waals surface area contributed by atoms with Crippen LogP contribution in [-0.4, -0.2) is 49.0 Å². The summed E-state index contributed by atoms with van der Waals surface area (Å²) in [4.78, 5) is 27.8. The quantitative estimate of drug-likeness (QED) is 0.463. The molecule has 8 nitrogen and oxygen atoms in total. The van der Waals surface area contributed by atoms with Gasteiger partial charge >= 0.3 is 0 Å².